The summed E-state index contributed by atoms with van der Waals surface area (Å²) in [4.78, 5) is 9.60. The van der Waals surface area contributed by atoms with Gasteiger partial charge in [0.15, 0.2) is 5.96 Å². The van der Waals surface area contributed by atoms with E-state index < -0.39 is 0 Å². The summed E-state index contributed by atoms with van der Waals surface area (Å²) >= 11 is 6.24. The van der Waals surface area contributed by atoms with E-state index >= 15 is 0 Å². The first kappa shape index (κ1) is 20.7. The molecule has 0 spiro atoms. The second kappa shape index (κ2) is 10.5. The van der Waals surface area contributed by atoms with Crippen molar-refractivity contribution in [1.29, 1.82) is 0 Å². The van der Waals surface area contributed by atoms with Crippen LogP contribution in [0.2, 0.25) is 5.02 Å². The Morgan fingerprint density at radius 1 is 1.25 bits per heavy atom. The average Bonchev–Trinajstić information content (AvgIpc) is 3.11. The third-order valence-electron chi connectivity index (χ3n) is 4.89. The number of hydrogen-bond acceptors (Lipinski definition) is 4. The number of aliphatic imine (C=N–C) groups is 1. The van der Waals surface area contributed by atoms with Crippen molar-refractivity contribution in [2.75, 3.05) is 39.3 Å². The number of aromatic nitrogens is 1. The first-order valence-electron chi connectivity index (χ1n) is 10.1. The Morgan fingerprint density at radius 3 is 2.71 bits per heavy atom. The number of rotatable bonds is 7. The average molecular weight is 404 g/mol. The zero-order valence-corrected chi connectivity index (χ0v) is 17.6. The van der Waals surface area contributed by atoms with Crippen LogP contribution in [0.3, 0.4) is 0 Å². The Balaban J connectivity index is 1.47. The zero-order chi connectivity index (χ0) is 19.8. The van der Waals surface area contributed by atoms with Crippen LogP contribution in [0.25, 0.3) is 0 Å². The molecule has 6 nitrogen and oxygen atoms in total. The molecule has 3 rings (SSSR count). The molecule has 0 atom stereocenters. The summed E-state index contributed by atoms with van der Waals surface area (Å²) in [6, 6.07) is 10.1. The van der Waals surface area contributed by atoms with Crippen LogP contribution in [0.1, 0.15) is 30.4 Å². The fourth-order valence-electron chi connectivity index (χ4n) is 3.42. The third-order valence-corrected chi connectivity index (χ3v) is 5.26. The predicted molar refractivity (Wildman–Crippen MR) is 114 cm³/mol. The quantitative estimate of drug-likeness (QED) is 0.436. The molecule has 28 heavy (non-hydrogen) atoms. The van der Waals surface area contributed by atoms with Crippen molar-refractivity contribution in [2.24, 2.45) is 4.99 Å². The molecule has 0 radical (unpaired) electrons. The van der Waals surface area contributed by atoms with E-state index in [1.807, 2.05) is 31.2 Å². The van der Waals surface area contributed by atoms with Crippen molar-refractivity contribution >= 4 is 17.6 Å². The van der Waals surface area contributed by atoms with Gasteiger partial charge in [-0.05, 0) is 38.3 Å². The van der Waals surface area contributed by atoms with Gasteiger partial charge in [0.1, 0.15) is 5.76 Å². The highest BCUT2D eigenvalue weighted by atomic mass is 35.5. The molecule has 2 heterocycles. The van der Waals surface area contributed by atoms with Gasteiger partial charge in [-0.3, -0.25) is 9.89 Å². The van der Waals surface area contributed by atoms with Crippen LogP contribution >= 0.6 is 11.6 Å². The van der Waals surface area contributed by atoms with Gasteiger partial charge in [-0.25, -0.2) is 0 Å². The number of piperazine rings is 1. The van der Waals surface area contributed by atoms with Crippen LogP contribution in [0.5, 0.6) is 0 Å². The Labute approximate surface area is 172 Å². The highest BCUT2D eigenvalue weighted by molar-refractivity contribution is 6.31. The van der Waals surface area contributed by atoms with Gasteiger partial charge >= 0.3 is 0 Å². The molecule has 0 bridgehead atoms. The van der Waals surface area contributed by atoms with Gasteiger partial charge in [0.25, 0.3) is 0 Å². The van der Waals surface area contributed by atoms with Crippen molar-refractivity contribution in [2.45, 2.75) is 33.2 Å². The van der Waals surface area contributed by atoms with Crippen LogP contribution in [-0.2, 0) is 13.0 Å². The van der Waals surface area contributed by atoms with E-state index in [9.17, 15) is 0 Å². The van der Waals surface area contributed by atoms with E-state index in [4.69, 9.17) is 21.1 Å². The smallest absolute Gasteiger partial charge is 0.194 e. The van der Waals surface area contributed by atoms with E-state index in [2.05, 4.69) is 33.3 Å². The van der Waals surface area contributed by atoms with Gasteiger partial charge in [0.05, 0.1) is 5.69 Å². The maximum atomic E-state index is 6.24. The Morgan fingerprint density at radius 2 is 2.04 bits per heavy atom. The lowest BCUT2D eigenvalue weighted by atomic mass is 10.1. The summed E-state index contributed by atoms with van der Waals surface area (Å²) < 4.78 is 5.17. The number of aryl methyl sites for hydroxylation is 2. The molecule has 1 N–H and O–H groups in total. The summed E-state index contributed by atoms with van der Waals surface area (Å²) in [5.74, 6) is 1.88. The maximum Gasteiger partial charge on any atom is 0.194 e. The summed E-state index contributed by atoms with van der Waals surface area (Å²) in [5, 5.41) is 8.38. The number of guanidine groups is 1. The molecule has 0 unspecified atom stereocenters. The molecule has 2 aromatic rings. The van der Waals surface area contributed by atoms with Gasteiger partial charge < -0.3 is 14.7 Å². The minimum absolute atomic E-state index is 0.798. The highest BCUT2D eigenvalue weighted by Crippen LogP contribution is 2.16. The third kappa shape index (κ3) is 5.97. The van der Waals surface area contributed by atoms with Crippen molar-refractivity contribution < 1.29 is 4.52 Å². The van der Waals surface area contributed by atoms with Crippen molar-refractivity contribution in [3.05, 3.63) is 52.4 Å². The summed E-state index contributed by atoms with van der Waals surface area (Å²) in [7, 11) is 0. The lowest BCUT2D eigenvalue weighted by Crippen LogP contribution is -2.52. The van der Waals surface area contributed by atoms with Crippen LogP contribution in [0, 0.1) is 6.92 Å². The molecule has 1 saturated heterocycles. The molecule has 1 aromatic heterocycles. The number of hydrogen-bond donors (Lipinski definition) is 1. The molecular formula is C21H30ClN5O. The van der Waals surface area contributed by atoms with Crippen LogP contribution in [0.15, 0.2) is 39.8 Å². The molecule has 1 aliphatic heterocycles. The van der Waals surface area contributed by atoms with Gasteiger partial charge in [-0.15, -0.1) is 0 Å². The van der Waals surface area contributed by atoms with E-state index in [-0.39, 0.29) is 0 Å². The van der Waals surface area contributed by atoms with E-state index in [0.29, 0.717) is 0 Å². The van der Waals surface area contributed by atoms with Crippen LogP contribution in [0.4, 0.5) is 0 Å². The predicted octanol–water partition coefficient (Wildman–Crippen LogP) is 3.35. The Bertz CT molecular complexity index is 768. The van der Waals surface area contributed by atoms with Gasteiger partial charge in [-0.2, -0.15) is 0 Å². The SMILES string of the molecule is CCNC(=NCCCc1ccccc1Cl)N1CCN(Cc2cc(C)on2)CC1. The lowest BCUT2D eigenvalue weighted by molar-refractivity contribution is 0.169. The monoisotopic (exact) mass is 403 g/mol. The summed E-state index contributed by atoms with van der Waals surface area (Å²) in [6.07, 6.45) is 1.94. The van der Waals surface area contributed by atoms with E-state index in [1.165, 1.54) is 5.56 Å². The van der Waals surface area contributed by atoms with Gasteiger partial charge in [0.2, 0.25) is 0 Å². The number of benzene rings is 1. The van der Waals surface area contributed by atoms with Crippen LogP contribution < -0.4 is 5.32 Å². The molecule has 7 heteroatoms. The highest BCUT2D eigenvalue weighted by Gasteiger charge is 2.20. The fraction of sp³-hybridized carbons (Fsp3) is 0.524. The molecule has 152 valence electrons. The number of halogens is 1. The zero-order valence-electron chi connectivity index (χ0n) is 16.8. The van der Waals surface area contributed by atoms with E-state index in [0.717, 1.165) is 81.1 Å². The van der Waals surface area contributed by atoms with Gasteiger partial charge in [0, 0.05) is 56.9 Å². The summed E-state index contributed by atoms with van der Waals surface area (Å²) in [5.41, 5.74) is 2.20. The molecular weight excluding hydrogens is 374 g/mol. The largest absolute Gasteiger partial charge is 0.361 e. The molecule has 1 fully saturated rings. The second-order valence-corrected chi connectivity index (χ2v) is 7.53. The normalized spacial score (nSPS) is 15.8. The molecule has 1 aromatic carbocycles. The van der Waals surface area contributed by atoms with Gasteiger partial charge in [-0.1, -0.05) is 35.0 Å². The second-order valence-electron chi connectivity index (χ2n) is 7.12. The number of nitrogens with one attached hydrogen (secondary N) is 1. The van der Waals surface area contributed by atoms with Crippen molar-refractivity contribution in [1.82, 2.24) is 20.3 Å². The standard InChI is InChI=1S/C21H30ClN5O/c1-3-23-21(24-10-6-8-18-7-4-5-9-20(18)22)27-13-11-26(12-14-27)16-19-15-17(2)28-25-19/h4-5,7,9,15H,3,6,8,10-14,16H2,1-2H3,(H,23,24). The minimum atomic E-state index is 0.798. The molecule has 0 aliphatic carbocycles. The maximum absolute atomic E-state index is 6.24. The summed E-state index contributed by atoms with van der Waals surface area (Å²) in [6.45, 7) is 10.5. The van der Waals surface area contributed by atoms with Crippen LogP contribution in [-0.4, -0.2) is 60.2 Å². The molecule has 1 aliphatic rings. The first-order valence-corrected chi connectivity index (χ1v) is 10.4. The van der Waals surface area contributed by atoms with Crippen molar-refractivity contribution in [3.8, 4) is 0 Å². The Kier molecular flexibility index (Phi) is 7.74. The minimum Gasteiger partial charge on any atom is -0.361 e. The van der Waals surface area contributed by atoms with Crippen molar-refractivity contribution in [3.63, 3.8) is 0 Å². The van der Waals surface area contributed by atoms with E-state index in [1.54, 1.807) is 0 Å². The first-order chi connectivity index (χ1) is 13.7. The molecule has 0 amide bonds. The lowest BCUT2D eigenvalue weighted by Gasteiger charge is -2.36. The fourth-order valence-corrected chi connectivity index (χ4v) is 3.65. The Hall–Kier alpha value is -2.05. The number of nitrogens with zero attached hydrogens (tertiary/aromatic N) is 4. The topological polar surface area (TPSA) is 56.9 Å². The molecule has 0 saturated carbocycles.